The molecule has 2 aliphatic rings. The van der Waals surface area contributed by atoms with Crippen LogP contribution in [0.25, 0.3) is 0 Å². The van der Waals surface area contributed by atoms with E-state index in [2.05, 4.69) is 5.32 Å². The second kappa shape index (κ2) is 6.81. The minimum absolute atomic E-state index is 0.0323. The van der Waals surface area contributed by atoms with Crippen LogP contribution in [0.3, 0.4) is 0 Å². The molecular weight excluding hydrogens is 278 g/mol. The third-order valence-corrected chi connectivity index (χ3v) is 4.47. The summed E-state index contributed by atoms with van der Waals surface area (Å²) in [5.41, 5.74) is 0.891. The molecule has 22 heavy (non-hydrogen) atoms. The topological polar surface area (TPSA) is 52.7 Å². The van der Waals surface area contributed by atoms with Gasteiger partial charge < -0.3 is 10.2 Å². The summed E-state index contributed by atoms with van der Waals surface area (Å²) in [5, 5.41) is 3.07. The van der Waals surface area contributed by atoms with Gasteiger partial charge in [-0.05, 0) is 25.0 Å². The molecule has 0 spiro atoms. The van der Waals surface area contributed by atoms with Gasteiger partial charge in [0.05, 0.1) is 0 Å². The smallest absolute Gasteiger partial charge is 0.325 e. The maximum absolute atomic E-state index is 12.4. The summed E-state index contributed by atoms with van der Waals surface area (Å²) in [5.74, 6) is -0.0323. The Morgan fingerprint density at radius 2 is 1.82 bits per heavy atom. The lowest BCUT2D eigenvalue weighted by molar-refractivity contribution is -0.122. The number of benzene rings is 1. The zero-order chi connectivity index (χ0) is 15.4. The van der Waals surface area contributed by atoms with E-state index in [0.717, 1.165) is 18.5 Å². The van der Waals surface area contributed by atoms with Crippen molar-refractivity contribution in [2.24, 2.45) is 0 Å². The van der Waals surface area contributed by atoms with Gasteiger partial charge in [-0.15, -0.1) is 0 Å². The van der Waals surface area contributed by atoms with Crippen LogP contribution in [-0.2, 0) is 4.79 Å². The van der Waals surface area contributed by atoms with E-state index >= 15 is 0 Å². The van der Waals surface area contributed by atoms with Crippen LogP contribution in [0.5, 0.6) is 0 Å². The molecule has 0 radical (unpaired) electrons. The van der Waals surface area contributed by atoms with Crippen LogP contribution in [0.1, 0.15) is 32.1 Å². The van der Waals surface area contributed by atoms with Gasteiger partial charge in [-0.2, -0.15) is 0 Å². The first kappa shape index (κ1) is 14.9. The predicted molar refractivity (Wildman–Crippen MR) is 85.8 cm³/mol. The molecule has 0 aromatic heterocycles. The van der Waals surface area contributed by atoms with Crippen LogP contribution in [0.2, 0.25) is 0 Å². The van der Waals surface area contributed by atoms with Crippen LogP contribution in [-0.4, -0.2) is 42.5 Å². The van der Waals surface area contributed by atoms with Gasteiger partial charge >= 0.3 is 6.03 Å². The number of rotatable bonds is 4. The van der Waals surface area contributed by atoms with Crippen LogP contribution in [0.15, 0.2) is 30.3 Å². The van der Waals surface area contributed by atoms with Gasteiger partial charge in [0.25, 0.3) is 0 Å². The monoisotopic (exact) mass is 301 g/mol. The number of urea groups is 1. The molecule has 1 aliphatic heterocycles. The van der Waals surface area contributed by atoms with E-state index in [0.29, 0.717) is 19.1 Å². The number of nitrogens with zero attached hydrogens (tertiary/aromatic N) is 2. The second-order valence-electron chi connectivity index (χ2n) is 6.09. The number of para-hydroxylation sites is 1. The van der Waals surface area contributed by atoms with E-state index in [1.54, 1.807) is 9.80 Å². The number of anilines is 1. The summed E-state index contributed by atoms with van der Waals surface area (Å²) in [4.78, 5) is 27.9. The number of amides is 3. The van der Waals surface area contributed by atoms with Crippen LogP contribution in [0.4, 0.5) is 10.5 Å². The number of hydrogen-bond donors (Lipinski definition) is 1. The molecule has 1 aromatic carbocycles. The zero-order valence-electron chi connectivity index (χ0n) is 12.8. The lowest BCUT2D eigenvalue weighted by Gasteiger charge is -2.24. The van der Waals surface area contributed by atoms with Gasteiger partial charge in [0.1, 0.15) is 6.54 Å². The molecule has 0 unspecified atom stereocenters. The molecule has 2 fully saturated rings. The van der Waals surface area contributed by atoms with Gasteiger partial charge in [0.2, 0.25) is 5.91 Å². The number of carbonyl (C=O) groups is 2. The Hall–Kier alpha value is -2.04. The summed E-state index contributed by atoms with van der Waals surface area (Å²) in [7, 11) is 0. The van der Waals surface area contributed by atoms with E-state index in [1.807, 2.05) is 30.3 Å². The molecule has 0 bridgehead atoms. The molecule has 5 nitrogen and oxygen atoms in total. The lowest BCUT2D eigenvalue weighted by atomic mass is 9.95. The first-order valence-electron chi connectivity index (χ1n) is 8.15. The minimum atomic E-state index is -0.0787. The highest BCUT2D eigenvalue weighted by Gasteiger charge is 2.31. The molecule has 1 heterocycles. The molecule has 3 amide bonds. The highest BCUT2D eigenvalue weighted by molar-refractivity contribution is 5.96. The highest BCUT2D eigenvalue weighted by atomic mass is 16.2. The average Bonchev–Trinajstić information content (AvgIpc) is 2.90. The van der Waals surface area contributed by atoms with Crippen molar-refractivity contribution in [3.8, 4) is 0 Å². The molecule has 0 atom stereocenters. The molecule has 1 N–H and O–H groups in total. The van der Waals surface area contributed by atoms with E-state index in [1.165, 1.54) is 19.3 Å². The molecular formula is C17H23N3O2. The zero-order valence-corrected chi connectivity index (χ0v) is 12.8. The third kappa shape index (κ3) is 3.40. The predicted octanol–water partition coefficient (Wildman–Crippen LogP) is 2.38. The van der Waals surface area contributed by atoms with E-state index < -0.39 is 0 Å². The van der Waals surface area contributed by atoms with Gasteiger partial charge in [0.15, 0.2) is 0 Å². The Morgan fingerprint density at radius 3 is 2.55 bits per heavy atom. The van der Waals surface area contributed by atoms with Crippen molar-refractivity contribution in [2.45, 2.75) is 38.1 Å². The fourth-order valence-electron chi connectivity index (χ4n) is 3.27. The van der Waals surface area contributed by atoms with Gasteiger partial charge in [0, 0.05) is 24.8 Å². The van der Waals surface area contributed by atoms with Gasteiger partial charge in [-0.3, -0.25) is 9.69 Å². The average molecular weight is 301 g/mol. The minimum Gasteiger partial charge on any atom is -0.352 e. The molecule has 118 valence electrons. The van der Waals surface area contributed by atoms with Crippen LogP contribution in [0, 0.1) is 0 Å². The normalized spacial score (nSPS) is 19.5. The van der Waals surface area contributed by atoms with Crippen molar-refractivity contribution in [3.63, 3.8) is 0 Å². The Kier molecular flexibility index (Phi) is 4.61. The maximum atomic E-state index is 12.4. The highest BCUT2D eigenvalue weighted by Crippen LogP contribution is 2.20. The van der Waals surface area contributed by atoms with Crippen LogP contribution < -0.4 is 10.2 Å². The van der Waals surface area contributed by atoms with Gasteiger partial charge in [-0.1, -0.05) is 37.5 Å². The Bertz CT molecular complexity index is 526. The number of hydrogen-bond acceptors (Lipinski definition) is 2. The molecule has 5 heteroatoms. The van der Waals surface area contributed by atoms with Crippen molar-refractivity contribution >= 4 is 17.6 Å². The number of nitrogens with one attached hydrogen (secondary N) is 1. The largest absolute Gasteiger partial charge is 0.352 e. The number of carbonyl (C=O) groups excluding carboxylic acids is 2. The standard InChI is InChI=1S/C17H23N3O2/c21-16(18-14-7-3-1-4-8-14)13-19-11-12-20(17(19)22)15-9-5-2-6-10-15/h2,5-6,9-10,14H,1,3-4,7-8,11-13H2,(H,18,21). The fourth-order valence-corrected chi connectivity index (χ4v) is 3.27. The van der Waals surface area contributed by atoms with E-state index in [-0.39, 0.29) is 18.5 Å². The summed E-state index contributed by atoms with van der Waals surface area (Å²) in [6.45, 7) is 1.41. The van der Waals surface area contributed by atoms with E-state index in [4.69, 9.17) is 0 Å². The van der Waals surface area contributed by atoms with Crippen molar-refractivity contribution in [1.82, 2.24) is 10.2 Å². The third-order valence-electron chi connectivity index (χ3n) is 4.47. The molecule has 1 aliphatic carbocycles. The molecule has 3 rings (SSSR count). The second-order valence-corrected chi connectivity index (χ2v) is 6.09. The molecule has 1 saturated carbocycles. The summed E-state index contributed by atoms with van der Waals surface area (Å²) in [6, 6.07) is 9.82. The Labute approximate surface area is 131 Å². The first-order valence-corrected chi connectivity index (χ1v) is 8.15. The Morgan fingerprint density at radius 1 is 1.09 bits per heavy atom. The summed E-state index contributed by atoms with van der Waals surface area (Å²) >= 11 is 0. The first-order chi connectivity index (χ1) is 10.7. The lowest BCUT2D eigenvalue weighted by Crippen LogP contribution is -2.44. The van der Waals surface area contributed by atoms with Crippen LogP contribution >= 0.6 is 0 Å². The Balaban J connectivity index is 1.53. The molecule has 1 aromatic rings. The maximum Gasteiger partial charge on any atom is 0.325 e. The molecule has 1 saturated heterocycles. The quantitative estimate of drug-likeness (QED) is 0.928. The SMILES string of the molecule is O=C(CN1CCN(c2ccccc2)C1=O)NC1CCCCC1. The van der Waals surface area contributed by atoms with Crippen molar-refractivity contribution in [2.75, 3.05) is 24.5 Å². The van der Waals surface area contributed by atoms with Gasteiger partial charge in [-0.25, -0.2) is 4.79 Å². The summed E-state index contributed by atoms with van der Waals surface area (Å²) in [6.07, 6.45) is 5.78. The van der Waals surface area contributed by atoms with Crippen molar-refractivity contribution in [3.05, 3.63) is 30.3 Å². The fraction of sp³-hybridized carbons (Fsp3) is 0.529. The van der Waals surface area contributed by atoms with Crippen molar-refractivity contribution in [1.29, 1.82) is 0 Å². The summed E-state index contributed by atoms with van der Waals surface area (Å²) < 4.78 is 0. The van der Waals surface area contributed by atoms with Crippen molar-refractivity contribution < 1.29 is 9.59 Å². The van der Waals surface area contributed by atoms with E-state index in [9.17, 15) is 9.59 Å².